The van der Waals surface area contributed by atoms with Crippen molar-refractivity contribution in [3.63, 3.8) is 0 Å². The number of carboxylic acid groups (broad SMARTS) is 1. The second-order valence-corrected chi connectivity index (χ2v) is 8.76. The Kier molecular flexibility index (Phi) is 7.68. The van der Waals surface area contributed by atoms with E-state index in [4.69, 9.17) is 42.5 Å². The number of rotatable bonds is 10. The summed E-state index contributed by atoms with van der Waals surface area (Å²) in [7, 11) is 3.55. The molecule has 9 heteroatoms. The van der Waals surface area contributed by atoms with Crippen molar-refractivity contribution in [2.24, 2.45) is 7.05 Å². The summed E-state index contributed by atoms with van der Waals surface area (Å²) in [6.45, 7) is 0.441. The average Bonchev–Trinajstić information content (AvgIpc) is 3.16. The first-order chi connectivity index (χ1) is 16.8. The smallest absolute Gasteiger partial charge is 0.303 e. The normalized spacial score (nSPS) is 11.0. The minimum absolute atomic E-state index is 0.0123. The van der Waals surface area contributed by atoms with Gasteiger partial charge in [0.15, 0.2) is 0 Å². The molecule has 4 rings (SSSR count). The molecule has 7 nitrogen and oxygen atoms in total. The van der Waals surface area contributed by atoms with Gasteiger partial charge in [-0.25, -0.2) is 4.98 Å². The van der Waals surface area contributed by atoms with Crippen LogP contribution in [-0.2, 0) is 31.5 Å². The number of carboxylic acids is 1. The van der Waals surface area contributed by atoms with Gasteiger partial charge in [-0.15, -0.1) is 0 Å². The van der Waals surface area contributed by atoms with Crippen molar-refractivity contribution in [1.29, 1.82) is 0 Å². The van der Waals surface area contributed by atoms with Crippen LogP contribution >= 0.6 is 23.2 Å². The molecular formula is C26H24Cl2N2O5. The van der Waals surface area contributed by atoms with Crippen molar-refractivity contribution in [2.75, 3.05) is 7.11 Å². The lowest BCUT2D eigenvalue weighted by molar-refractivity contribution is -0.136. The zero-order valence-corrected chi connectivity index (χ0v) is 20.8. The molecule has 1 aromatic heterocycles. The first-order valence-corrected chi connectivity index (χ1v) is 11.6. The van der Waals surface area contributed by atoms with Gasteiger partial charge >= 0.3 is 5.97 Å². The Morgan fingerprint density at radius 2 is 1.74 bits per heavy atom. The van der Waals surface area contributed by atoms with Gasteiger partial charge in [0.25, 0.3) is 0 Å². The van der Waals surface area contributed by atoms with Crippen LogP contribution in [0, 0.1) is 0 Å². The lowest BCUT2D eigenvalue weighted by Gasteiger charge is -2.14. The third-order valence-corrected chi connectivity index (χ3v) is 6.18. The maximum Gasteiger partial charge on any atom is 0.303 e. The number of hydrogen-bond donors (Lipinski definition) is 1. The Bertz CT molecular complexity index is 1370. The van der Waals surface area contributed by atoms with Crippen LogP contribution < -0.4 is 14.2 Å². The number of aromatic nitrogens is 2. The Hall–Kier alpha value is -3.42. The van der Waals surface area contributed by atoms with Crippen LogP contribution in [0.1, 0.15) is 23.4 Å². The molecule has 1 heterocycles. The molecule has 0 radical (unpaired) electrons. The highest BCUT2D eigenvalue weighted by molar-refractivity contribution is 6.35. The molecule has 0 unspecified atom stereocenters. The Morgan fingerprint density at radius 3 is 2.49 bits per heavy atom. The summed E-state index contributed by atoms with van der Waals surface area (Å²) in [4.78, 5) is 15.7. The summed E-state index contributed by atoms with van der Waals surface area (Å²) in [5.74, 6) is 1.73. The first-order valence-electron chi connectivity index (χ1n) is 10.9. The van der Waals surface area contributed by atoms with E-state index in [9.17, 15) is 4.79 Å². The highest BCUT2D eigenvalue weighted by Gasteiger charge is 2.13. The van der Waals surface area contributed by atoms with E-state index in [0.717, 1.165) is 33.7 Å². The molecule has 0 aliphatic heterocycles. The Labute approximate surface area is 212 Å². The van der Waals surface area contributed by atoms with Crippen LogP contribution in [0.25, 0.3) is 11.0 Å². The van der Waals surface area contributed by atoms with Crippen LogP contribution in [0.4, 0.5) is 0 Å². The number of imidazole rings is 1. The number of aryl methyl sites for hydroxylation is 2. The number of nitrogens with zero attached hydrogens (tertiary/aromatic N) is 2. The fourth-order valence-corrected chi connectivity index (χ4v) is 4.09. The van der Waals surface area contributed by atoms with Crippen LogP contribution in [0.2, 0.25) is 10.0 Å². The van der Waals surface area contributed by atoms with E-state index in [1.54, 1.807) is 37.4 Å². The minimum atomic E-state index is -0.879. The van der Waals surface area contributed by atoms with E-state index in [1.807, 2.05) is 35.9 Å². The van der Waals surface area contributed by atoms with Crippen LogP contribution in [0.3, 0.4) is 0 Å². The topological polar surface area (TPSA) is 82.8 Å². The zero-order valence-electron chi connectivity index (χ0n) is 19.3. The number of hydrogen-bond acceptors (Lipinski definition) is 5. The van der Waals surface area contributed by atoms with Crippen molar-refractivity contribution < 1.29 is 24.1 Å². The summed E-state index contributed by atoms with van der Waals surface area (Å²) in [6, 6.07) is 16.3. The maximum absolute atomic E-state index is 11.1. The third-order valence-electron chi connectivity index (χ3n) is 5.59. The Balaban J connectivity index is 1.53. The molecular weight excluding hydrogens is 491 g/mol. The number of benzene rings is 3. The van der Waals surface area contributed by atoms with E-state index < -0.39 is 5.97 Å². The van der Waals surface area contributed by atoms with Gasteiger partial charge < -0.3 is 23.9 Å². The monoisotopic (exact) mass is 514 g/mol. The van der Waals surface area contributed by atoms with E-state index in [0.29, 0.717) is 28.0 Å². The van der Waals surface area contributed by atoms with Crippen molar-refractivity contribution >= 4 is 40.2 Å². The second-order valence-electron chi connectivity index (χ2n) is 7.92. The number of carbonyl (C=O) groups is 1. The predicted octanol–water partition coefficient (Wildman–Crippen LogP) is 6.06. The molecule has 35 heavy (non-hydrogen) atoms. The summed E-state index contributed by atoms with van der Waals surface area (Å²) in [5, 5.41) is 10.1. The van der Waals surface area contributed by atoms with Gasteiger partial charge in [-0.3, -0.25) is 4.79 Å². The summed E-state index contributed by atoms with van der Waals surface area (Å²) < 4.78 is 19.3. The highest BCUT2D eigenvalue weighted by Crippen LogP contribution is 2.29. The summed E-state index contributed by atoms with van der Waals surface area (Å²) in [6.07, 6.45) is 0.313. The molecule has 0 bridgehead atoms. The molecule has 0 saturated heterocycles. The standard InChI is InChI=1S/C26H24Cl2N2O5/c1-30-23-12-19(33-2)8-9-22(23)29-25(30)15-34-20-7-4-16(5-10-26(31)32)24(13-20)35-14-17-3-6-18(27)11-21(17)28/h3-4,6-9,11-13H,5,10,14-15H2,1-2H3,(H,31,32). The van der Waals surface area contributed by atoms with Crippen LogP contribution in [0.5, 0.6) is 17.2 Å². The highest BCUT2D eigenvalue weighted by atomic mass is 35.5. The molecule has 0 aliphatic rings. The molecule has 4 aromatic rings. The number of ether oxygens (including phenoxy) is 3. The van der Waals surface area contributed by atoms with Crippen molar-refractivity contribution in [3.8, 4) is 17.2 Å². The van der Waals surface area contributed by atoms with E-state index in [2.05, 4.69) is 4.98 Å². The molecule has 182 valence electrons. The van der Waals surface area contributed by atoms with Crippen molar-refractivity contribution in [1.82, 2.24) is 9.55 Å². The molecule has 0 fully saturated rings. The van der Waals surface area contributed by atoms with Gasteiger partial charge in [0.05, 0.1) is 18.1 Å². The number of fused-ring (bicyclic) bond motifs is 1. The largest absolute Gasteiger partial charge is 0.497 e. The SMILES string of the molecule is COc1ccc2nc(COc3ccc(CCC(=O)O)c(OCc4ccc(Cl)cc4Cl)c3)n(C)c2c1. The third kappa shape index (κ3) is 5.99. The second kappa shape index (κ2) is 10.9. The van der Waals surface area contributed by atoms with Gasteiger partial charge in [-0.1, -0.05) is 35.3 Å². The molecule has 0 spiro atoms. The number of halogens is 2. The van der Waals surface area contributed by atoms with Gasteiger partial charge in [-0.05, 0) is 42.3 Å². The fourth-order valence-electron chi connectivity index (χ4n) is 3.62. The molecule has 0 saturated carbocycles. The summed E-state index contributed by atoms with van der Waals surface area (Å²) in [5.41, 5.74) is 3.32. The van der Waals surface area contributed by atoms with Gasteiger partial charge in [0.1, 0.15) is 36.3 Å². The van der Waals surface area contributed by atoms with E-state index >= 15 is 0 Å². The number of methoxy groups -OCH3 is 1. The van der Waals surface area contributed by atoms with Crippen molar-refractivity contribution in [2.45, 2.75) is 26.1 Å². The quantitative estimate of drug-likeness (QED) is 0.276. The van der Waals surface area contributed by atoms with Gasteiger partial charge in [0, 0.05) is 41.2 Å². The predicted molar refractivity (Wildman–Crippen MR) is 135 cm³/mol. The van der Waals surface area contributed by atoms with Crippen molar-refractivity contribution in [3.05, 3.63) is 81.6 Å². The van der Waals surface area contributed by atoms with E-state index in [1.165, 1.54) is 0 Å². The van der Waals surface area contributed by atoms with Crippen LogP contribution in [0.15, 0.2) is 54.6 Å². The van der Waals surface area contributed by atoms with Gasteiger partial charge in [0.2, 0.25) is 0 Å². The van der Waals surface area contributed by atoms with Gasteiger partial charge in [-0.2, -0.15) is 0 Å². The molecule has 1 N–H and O–H groups in total. The lowest BCUT2D eigenvalue weighted by atomic mass is 10.1. The molecule has 0 amide bonds. The number of aliphatic carboxylic acids is 1. The molecule has 3 aromatic carbocycles. The lowest BCUT2D eigenvalue weighted by Crippen LogP contribution is -2.05. The van der Waals surface area contributed by atoms with E-state index in [-0.39, 0.29) is 19.6 Å². The molecule has 0 atom stereocenters. The first kappa shape index (κ1) is 24.7. The zero-order chi connectivity index (χ0) is 24.9. The van der Waals surface area contributed by atoms with Crippen LogP contribution in [-0.4, -0.2) is 27.7 Å². The summed E-state index contributed by atoms with van der Waals surface area (Å²) >= 11 is 12.2. The maximum atomic E-state index is 11.1. The Morgan fingerprint density at radius 1 is 0.971 bits per heavy atom. The minimum Gasteiger partial charge on any atom is -0.497 e. The fraction of sp³-hybridized carbons (Fsp3) is 0.231. The molecule has 0 aliphatic carbocycles. The average molecular weight is 515 g/mol.